The lowest BCUT2D eigenvalue weighted by Gasteiger charge is -2.01. The first-order valence-electron chi connectivity index (χ1n) is 4.84. The smallest absolute Gasteiger partial charge is 0.159 e. The Labute approximate surface area is 93.5 Å². The summed E-state index contributed by atoms with van der Waals surface area (Å²) in [7, 11) is 0. The van der Waals surface area contributed by atoms with Crippen LogP contribution in [-0.4, -0.2) is 9.97 Å². The molecule has 3 heteroatoms. The molecule has 1 radical (unpaired) electrons. The number of allylic oxidation sites excluding steroid dienone is 1. The maximum Gasteiger partial charge on any atom is 0.159 e. The summed E-state index contributed by atoms with van der Waals surface area (Å²) in [6.07, 6.45) is 4.54. The zero-order chi connectivity index (χ0) is 11.4. The lowest BCUT2D eigenvalue weighted by atomic mass is 10.1. The van der Waals surface area contributed by atoms with E-state index in [-0.39, 0.29) is 5.83 Å². The van der Waals surface area contributed by atoms with Gasteiger partial charge in [0, 0.05) is 23.5 Å². The molecule has 0 fully saturated rings. The fraction of sp³-hybridized carbons (Fsp3) is 0. The van der Waals surface area contributed by atoms with Crippen molar-refractivity contribution in [3.63, 3.8) is 0 Å². The second kappa shape index (κ2) is 4.66. The molecule has 1 aromatic heterocycles. The van der Waals surface area contributed by atoms with E-state index in [9.17, 15) is 4.39 Å². The van der Waals surface area contributed by atoms with E-state index in [2.05, 4.69) is 16.9 Å². The highest BCUT2D eigenvalue weighted by atomic mass is 19.1. The van der Waals surface area contributed by atoms with Crippen LogP contribution in [0.4, 0.5) is 4.39 Å². The quantitative estimate of drug-likeness (QED) is 0.765. The Morgan fingerprint density at radius 1 is 1.12 bits per heavy atom. The fourth-order valence-corrected chi connectivity index (χ4v) is 1.34. The summed E-state index contributed by atoms with van der Waals surface area (Å²) in [5.74, 6) is 0.300. The Kier molecular flexibility index (Phi) is 3.05. The molecule has 0 aliphatic heterocycles. The van der Waals surface area contributed by atoms with Crippen molar-refractivity contribution in [2.24, 2.45) is 0 Å². The first-order chi connectivity index (χ1) is 7.81. The van der Waals surface area contributed by atoms with E-state index >= 15 is 0 Å². The monoisotopic (exact) mass is 213 g/mol. The third kappa shape index (κ3) is 2.14. The van der Waals surface area contributed by atoms with Gasteiger partial charge in [-0.3, -0.25) is 0 Å². The van der Waals surface area contributed by atoms with E-state index in [1.807, 2.05) is 0 Å². The molecule has 2 aromatic rings. The van der Waals surface area contributed by atoms with Gasteiger partial charge in [-0.2, -0.15) is 0 Å². The van der Waals surface area contributed by atoms with Crippen molar-refractivity contribution in [1.29, 1.82) is 0 Å². The van der Waals surface area contributed by atoms with Gasteiger partial charge in [0.15, 0.2) is 5.82 Å². The van der Waals surface area contributed by atoms with Crippen molar-refractivity contribution in [1.82, 2.24) is 9.97 Å². The summed E-state index contributed by atoms with van der Waals surface area (Å²) in [4.78, 5) is 8.22. The number of aromatic nitrogens is 2. The van der Waals surface area contributed by atoms with Crippen LogP contribution in [0.3, 0.4) is 0 Å². The molecular weight excluding hydrogens is 203 g/mol. The van der Waals surface area contributed by atoms with Gasteiger partial charge in [0.25, 0.3) is 0 Å². The highest BCUT2D eigenvalue weighted by Gasteiger charge is 2.02. The molecule has 0 unspecified atom stereocenters. The normalized spacial score (nSPS) is 11.5. The number of rotatable bonds is 2. The van der Waals surface area contributed by atoms with E-state index < -0.39 is 0 Å². The first-order valence-corrected chi connectivity index (χ1v) is 4.84. The zero-order valence-corrected chi connectivity index (χ0v) is 8.60. The van der Waals surface area contributed by atoms with E-state index in [0.29, 0.717) is 11.4 Å². The van der Waals surface area contributed by atoms with Crippen LogP contribution in [0.15, 0.2) is 48.8 Å². The van der Waals surface area contributed by atoms with Crippen molar-refractivity contribution in [3.05, 3.63) is 61.3 Å². The van der Waals surface area contributed by atoms with Crippen LogP contribution in [-0.2, 0) is 0 Å². The third-order valence-electron chi connectivity index (χ3n) is 2.16. The largest absolute Gasteiger partial charge is 0.237 e. The van der Waals surface area contributed by atoms with Gasteiger partial charge in [-0.1, -0.05) is 24.3 Å². The second-order valence-electron chi connectivity index (χ2n) is 3.20. The maximum absolute atomic E-state index is 13.2. The lowest BCUT2D eigenvalue weighted by Crippen LogP contribution is -1.87. The molecular formula is C13H10FN2. The van der Waals surface area contributed by atoms with Gasteiger partial charge < -0.3 is 0 Å². The summed E-state index contributed by atoms with van der Waals surface area (Å²) in [6, 6.07) is 8.69. The zero-order valence-electron chi connectivity index (χ0n) is 8.60. The molecule has 0 aliphatic rings. The van der Waals surface area contributed by atoms with E-state index in [1.165, 1.54) is 6.08 Å². The molecule has 0 spiro atoms. The highest BCUT2D eigenvalue weighted by Crippen LogP contribution is 2.20. The molecule has 0 N–H and O–H groups in total. The van der Waals surface area contributed by atoms with E-state index in [4.69, 9.17) is 0 Å². The molecule has 0 atom stereocenters. The van der Waals surface area contributed by atoms with Crippen molar-refractivity contribution >= 4 is 5.83 Å². The Bertz CT molecular complexity index is 489. The summed E-state index contributed by atoms with van der Waals surface area (Å²) < 4.78 is 13.2. The summed E-state index contributed by atoms with van der Waals surface area (Å²) in [6.45, 7) is 3.38. The van der Waals surface area contributed by atoms with Crippen LogP contribution in [0.1, 0.15) is 5.56 Å². The standard InChI is InChI=1S/C13H10FN2/c1-2-12(14)10-4-6-11(7-5-10)13-15-8-3-9-16-13/h2-9H,1H2/b12-2-. The predicted octanol–water partition coefficient (Wildman–Crippen LogP) is 3.29. The minimum absolute atomic E-state index is 0.333. The predicted molar refractivity (Wildman–Crippen MR) is 61.9 cm³/mol. The second-order valence-corrected chi connectivity index (χ2v) is 3.20. The fourth-order valence-electron chi connectivity index (χ4n) is 1.34. The van der Waals surface area contributed by atoms with Crippen LogP contribution >= 0.6 is 0 Å². The molecule has 0 amide bonds. The third-order valence-corrected chi connectivity index (χ3v) is 2.16. The van der Waals surface area contributed by atoms with Gasteiger partial charge in [0.2, 0.25) is 0 Å². The van der Waals surface area contributed by atoms with Gasteiger partial charge in [-0.25, -0.2) is 14.4 Å². The Balaban J connectivity index is 2.34. The average molecular weight is 213 g/mol. The van der Waals surface area contributed by atoms with Crippen molar-refractivity contribution in [3.8, 4) is 11.4 Å². The summed E-state index contributed by atoms with van der Waals surface area (Å²) >= 11 is 0. The van der Waals surface area contributed by atoms with Gasteiger partial charge in [0.1, 0.15) is 5.83 Å². The average Bonchev–Trinajstić information content (AvgIpc) is 2.39. The van der Waals surface area contributed by atoms with Crippen LogP contribution in [0.25, 0.3) is 17.2 Å². The molecule has 0 bridgehead atoms. The minimum atomic E-state index is -0.333. The van der Waals surface area contributed by atoms with Crippen LogP contribution in [0.5, 0.6) is 0 Å². The number of benzene rings is 1. The molecule has 2 rings (SSSR count). The summed E-state index contributed by atoms with van der Waals surface area (Å²) in [5, 5.41) is 0. The molecule has 79 valence electrons. The lowest BCUT2D eigenvalue weighted by molar-refractivity contribution is 0.760. The molecule has 0 saturated carbocycles. The van der Waals surface area contributed by atoms with Crippen molar-refractivity contribution in [2.75, 3.05) is 0 Å². The SMILES string of the molecule is [CH2]/C=C(\F)c1ccc(-c2ncccn2)cc1. The van der Waals surface area contributed by atoms with Crippen LogP contribution in [0, 0.1) is 6.92 Å². The maximum atomic E-state index is 13.2. The van der Waals surface area contributed by atoms with Crippen molar-refractivity contribution < 1.29 is 4.39 Å². The first kappa shape index (κ1) is 10.5. The minimum Gasteiger partial charge on any atom is -0.237 e. The Morgan fingerprint density at radius 2 is 1.75 bits per heavy atom. The van der Waals surface area contributed by atoms with E-state index in [0.717, 1.165) is 5.56 Å². The van der Waals surface area contributed by atoms with Crippen molar-refractivity contribution in [2.45, 2.75) is 0 Å². The molecule has 1 heterocycles. The van der Waals surface area contributed by atoms with Gasteiger partial charge in [-0.15, -0.1) is 0 Å². The topological polar surface area (TPSA) is 25.8 Å². The number of hydrogen-bond donors (Lipinski definition) is 0. The van der Waals surface area contributed by atoms with Gasteiger partial charge in [0.05, 0.1) is 0 Å². The Morgan fingerprint density at radius 3 is 2.31 bits per heavy atom. The molecule has 16 heavy (non-hydrogen) atoms. The molecule has 1 aromatic carbocycles. The van der Waals surface area contributed by atoms with Gasteiger partial charge >= 0.3 is 0 Å². The highest BCUT2D eigenvalue weighted by molar-refractivity contribution is 5.64. The Hall–Kier alpha value is -2.03. The molecule has 0 saturated heterocycles. The summed E-state index contributed by atoms with van der Waals surface area (Å²) in [5.41, 5.74) is 1.37. The van der Waals surface area contributed by atoms with Crippen LogP contribution < -0.4 is 0 Å². The van der Waals surface area contributed by atoms with Gasteiger partial charge in [-0.05, 0) is 19.1 Å². The number of hydrogen-bond acceptors (Lipinski definition) is 2. The van der Waals surface area contributed by atoms with Crippen LogP contribution in [0.2, 0.25) is 0 Å². The van der Waals surface area contributed by atoms with E-state index in [1.54, 1.807) is 42.7 Å². The number of nitrogens with zero attached hydrogens (tertiary/aromatic N) is 2. The molecule has 2 nitrogen and oxygen atoms in total. The molecule has 0 aliphatic carbocycles. The number of halogens is 1.